The second kappa shape index (κ2) is 6.71. The van der Waals surface area contributed by atoms with E-state index in [1.54, 1.807) is 0 Å². The molecular weight excluding hydrogens is 310 g/mol. The first kappa shape index (κ1) is 15.9. The summed E-state index contributed by atoms with van der Waals surface area (Å²) < 4.78 is 1.92. The molecule has 1 unspecified atom stereocenters. The van der Waals surface area contributed by atoms with Crippen LogP contribution in [0.2, 0.25) is 0 Å². The molecule has 25 heavy (non-hydrogen) atoms. The Labute approximate surface area is 147 Å². The molecule has 0 saturated heterocycles. The van der Waals surface area contributed by atoms with Crippen LogP contribution in [-0.2, 0) is 17.8 Å². The molecule has 1 N–H and O–H groups in total. The van der Waals surface area contributed by atoms with Gasteiger partial charge in [0, 0.05) is 11.8 Å². The standard InChI is InChI=1S/C21H23N3O/c1-15-9-10-20-17(13-15)14-22-24(20)12-11-21(25)23-19-8-4-6-16-5-2-3-7-18(16)19/h2-3,5,7,9-10,13-14,19H,4,6,8,11-12H2,1H3,(H,23,25). The molecule has 1 aliphatic carbocycles. The van der Waals surface area contributed by atoms with Crippen molar-refractivity contribution in [1.29, 1.82) is 0 Å². The van der Waals surface area contributed by atoms with E-state index in [0.717, 1.165) is 30.2 Å². The molecule has 1 heterocycles. The molecule has 0 saturated carbocycles. The quantitative estimate of drug-likeness (QED) is 0.786. The van der Waals surface area contributed by atoms with E-state index in [1.807, 2.05) is 10.9 Å². The predicted octanol–water partition coefficient (Wildman–Crippen LogP) is 3.93. The number of hydrogen-bond donors (Lipinski definition) is 1. The highest BCUT2D eigenvalue weighted by Gasteiger charge is 2.21. The molecular formula is C21H23N3O. The van der Waals surface area contributed by atoms with Crippen molar-refractivity contribution in [2.24, 2.45) is 0 Å². The van der Waals surface area contributed by atoms with Crippen molar-refractivity contribution in [1.82, 2.24) is 15.1 Å². The molecule has 0 fully saturated rings. The second-order valence-corrected chi connectivity index (χ2v) is 6.89. The van der Waals surface area contributed by atoms with Crippen LogP contribution in [0.4, 0.5) is 0 Å². The maximum Gasteiger partial charge on any atom is 0.222 e. The Bertz CT molecular complexity index is 912. The van der Waals surface area contributed by atoms with Crippen LogP contribution in [0.15, 0.2) is 48.7 Å². The van der Waals surface area contributed by atoms with Crippen LogP contribution >= 0.6 is 0 Å². The Morgan fingerprint density at radius 2 is 2.16 bits per heavy atom. The summed E-state index contributed by atoms with van der Waals surface area (Å²) in [5.41, 5.74) is 4.96. The summed E-state index contributed by atoms with van der Waals surface area (Å²) in [6.07, 6.45) is 5.58. The number of aryl methyl sites for hydroxylation is 3. The van der Waals surface area contributed by atoms with Gasteiger partial charge in [-0.25, -0.2) is 0 Å². The van der Waals surface area contributed by atoms with Crippen LogP contribution in [0.3, 0.4) is 0 Å². The molecule has 4 rings (SSSR count). The van der Waals surface area contributed by atoms with E-state index >= 15 is 0 Å². The Morgan fingerprint density at radius 1 is 1.28 bits per heavy atom. The van der Waals surface area contributed by atoms with Crippen molar-refractivity contribution in [3.8, 4) is 0 Å². The molecule has 2 aromatic carbocycles. The van der Waals surface area contributed by atoms with Crippen LogP contribution in [0, 0.1) is 6.92 Å². The van der Waals surface area contributed by atoms with E-state index in [2.05, 4.69) is 59.8 Å². The molecule has 3 aromatic rings. The minimum absolute atomic E-state index is 0.0949. The van der Waals surface area contributed by atoms with Crippen molar-refractivity contribution < 1.29 is 4.79 Å². The fourth-order valence-electron chi connectivity index (χ4n) is 3.76. The minimum atomic E-state index is 0.0949. The lowest BCUT2D eigenvalue weighted by molar-refractivity contribution is -0.122. The summed E-state index contributed by atoms with van der Waals surface area (Å²) in [5.74, 6) is 0.0949. The van der Waals surface area contributed by atoms with Gasteiger partial charge in [0.2, 0.25) is 5.91 Å². The summed E-state index contributed by atoms with van der Waals surface area (Å²) in [6.45, 7) is 2.68. The van der Waals surface area contributed by atoms with E-state index in [1.165, 1.54) is 16.7 Å². The summed E-state index contributed by atoms with van der Waals surface area (Å²) in [7, 11) is 0. The van der Waals surface area contributed by atoms with E-state index in [9.17, 15) is 4.79 Å². The first-order chi connectivity index (χ1) is 12.2. The average Bonchev–Trinajstić information content (AvgIpc) is 3.02. The van der Waals surface area contributed by atoms with Crippen LogP contribution < -0.4 is 5.32 Å². The monoisotopic (exact) mass is 333 g/mol. The molecule has 0 radical (unpaired) electrons. The summed E-state index contributed by atoms with van der Waals surface area (Å²) in [4.78, 5) is 12.5. The fraction of sp³-hybridized carbons (Fsp3) is 0.333. The van der Waals surface area contributed by atoms with Crippen molar-refractivity contribution in [2.75, 3.05) is 0 Å². The van der Waals surface area contributed by atoms with Crippen molar-refractivity contribution in [3.63, 3.8) is 0 Å². The zero-order valence-corrected chi connectivity index (χ0v) is 14.5. The molecule has 4 heteroatoms. The number of carbonyl (C=O) groups is 1. The number of hydrogen-bond acceptors (Lipinski definition) is 2. The van der Waals surface area contributed by atoms with Gasteiger partial charge in [0.05, 0.1) is 24.3 Å². The SMILES string of the molecule is Cc1ccc2c(cnn2CCC(=O)NC2CCCc3ccccc32)c1. The van der Waals surface area contributed by atoms with E-state index in [-0.39, 0.29) is 11.9 Å². The van der Waals surface area contributed by atoms with Gasteiger partial charge >= 0.3 is 0 Å². The lowest BCUT2D eigenvalue weighted by Crippen LogP contribution is -2.31. The summed E-state index contributed by atoms with van der Waals surface area (Å²) in [6, 6.07) is 14.9. The minimum Gasteiger partial charge on any atom is -0.349 e. The molecule has 0 bridgehead atoms. The second-order valence-electron chi connectivity index (χ2n) is 6.89. The lowest BCUT2D eigenvalue weighted by atomic mass is 9.88. The predicted molar refractivity (Wildman–Crippen MR) is 99.4 cm³/mol. The highest BCUT2D eigenvalue weighted by molar-refractivity contribution is 5.80. The number of aromatic nitrogens is 2. The molecule has 1 amide bonds. The van der Waals surface area contributed by atoms with Gasteiger partial charge in [0.15, 0.2) is 0 Å². The van der Waals surface area contributed by atoms with E-state index < -0.39 is 0 Å². The maximum atomic E-state index is 12.5. The van der Waals surface area contributed by atoms with Gasteiger partial charge in [-0.2, -0.15) is 5.10 Å². The molecule has 1 aliphatic rings. The Balaban J connectivity index is 1.41. The molecule has 0 aliphatic heterocycles. The van der Waals surface area contributed by atoms with Gasteiger partial charge < -0.3 is 5.32 Å². The van der Waals surface area contributed by atoms with Gasteiger partial charge in [-0.05, 0) is 49.4 Å². The highest BCUT2D eigenvalue weighted by Crippen LogP contribution is 2.29. The first-order valence-electron chi connectivity index (χ1n) is 9.00. The molecule has 1 aromatic heterocycles. The Morgan fingerprint density at radius 3 is 3.08 bits per heavy atom. The molecule has 128 valence electrons. The number of benzene rings is 2. The molecule has 4 nitrogen and oxygen atoms in total. The third-order valence-electron chi connectivity index (χ3n) is 5.05. The van der Waals surface area contributed by atoms with Crippen LogP contribution in [-0.4, -0.2) is 15.7 Å². The normalized spacial score (nSPS) is 16.6. The number of carbonyl (C=O) groups excluding carboxylic acids is 1. The topological polar surface area (TPSA) is 46.9 Å². The van der Waals surface area contributed by atoms with Crippen LogP contribution in [0.5, 0.6) is 0 Å². The van der Waals surface area contributed by atoms with Crippen molar-refractivity contribution in [2.45, 2.75) is 45.2 Å². The average molecular weight is 333 g/mol. The molecule has 1 atom stereocenters. The van der Waals surface area contributed by atoms with Gasteiger partial charge in [0.1, 0.15) is 0 Å². The lowest BCUT2D eigenvalue weighted by Gasteiger charge is -2.26. The smallest absolute Gasteiger partial charge is 0.222 e. The zero-order chi connectivity index (χ0) is 17.2. The third kappa shape index (κ3) is 3.29. The van der Waals surface area contributed by atoms with E-state index in [0.29, 0.717) is 13.0 Å². The van der Waals surface area contributed by atoms with Crippen LogP contribution in [0.25, 0.3) is 10.9 Å². The number of nitrogens with zero attached hydrogens (tertiary/aromatic N) is 2. The Hall–Kier alpha value is -2.62. The zero-order valence-electron chi connectivity index (χ0n) is 14.5. The van der Waals surface area contributed by atoms with E-state index in [4.69, 9.17) is 0 Å². The van der Waals surface area contributed by atoms with Crippen molar-refractivity contribution in [3.05, 3.63) is 65.4 Å². The summed E-state index contributed by atoms with van der Waals surface area (Å²) >= 11 is 0. The number of amides is 1. The Kier molecular flexibility index (Phi) is 4.26. The summed E-state index contributed by atoms with van der Waals surface area (Å²) in [5, 5.41) is 8.77. The van der Waals surface area contributed by atoms with Gasteiger partial charge in [-0.15, -0.1) is 0 Å². The van der Waals surface area contributed by atoms with Gasteiger partial charge in [-0.1, -0.05) is 35.9 Å². The fourth-order valence-corrected chi connectivity index (χ4v) is 3.76. The molecule has 0 spiro atoms. The van der Waals surface area contributed by atoms with Crippen molar-refractivity contribution >= 4 is 16.8 Å². The maximum absolute atomic E-state index is 12.5. The van der Waals surface area contributed by atoms with Crippen LogP contribution in [0.1, 0.15) is 42.0 Å². The first-order valence-corrected chi connectivity index (χ1v) is 9.00. The van der Waals surface area contributed by atoms with Gasteiger partial charge in [-0.3, -0.25) is 9.48 Å². The number of nitrogens with one attached hydrogen (secondary N) is 1. The number of rotatable bonds is 4. The third-order valence-corrected chi connectivity index (χ3v) is 5.05. The van der Waals surface area contributed by atoms with Gasteiger partial charge in [0.25, 0.3) is 0 Å². The largest absolute Gasteiger partial charge is 0.349 e. The highest BCUT2D eigenvalue weighted by atomic mass is 16.1. The number of fused-ring (bicyclic) bond motifs is 2.